The zero-order valence-electron chi connectivity index (χ0n) is 11.8. The molecule has 0 aliphatic carbocycles. The molecule has 1 aromatic heterocycles. The van der Waals surface area contributed by atoms with Crippen LogP contribution in [0.25, 0.3) is 11.0 Å². The Morgan fingerprint density at radius 1 is 1.30 bits per heavy atom. The van der Waals surface area contributed by atoms with E-state index in [2.05, 4.69) is 22.6 Å². The lowest BCUT2D eigenvalue weighted by Gasteiger charge is -2.31. The molecular weight excluding hydrogens is 293 g/mol. The molecule has 3 rings (SSSR count). The van der Waals surface area contributed by atoms with Crippen LogP contribution in [0.2, 0.25) is 5.02 Å². The first-order valence-electron chi connectivity index (χ1n) is 7.07. The summed E-state index contributed by atoms with van der Waals surface area (Å²) in [6.45, 7) is 4.20. The molecule has 0 radical (unpaired) electrons. The third-order valence-corrected chi connectivity index (χ3v) is 4.61. The molecule has 0 spiro atoms. The van der Waals surface area contributed by atoms with Gasteiger partial charge in [0.2, 0.25) is 0 Å². The van der Waals surface area contributed by atoms with Crippen molar-refractivity contribution in [2.24, 2.45) is 0 Å². The first-order chi connectivity index (χ1) is 9.58. The second kappa shape index (κ2) is 5.55. The summed E-state index contributed by atoms with van der Waals surface area (Å²) in [5.74, 6) is 0.935. The van der Waals surface area contributed by atoms with E-state index < -0.39 is 0 Å². The molecular formula is C15H19Cl2N3. The molecule has 1 aliphatic heterocycles. The standard InChI is InChI=1S/C15H19Cl2N3/c1-10(16)15-18-14-12(17)4-3-5-13(14)20(15)11-6-8-19(2)9-7-11/h3-5,10-11H,6-9H2,1-2H3. The molecule has 1 aliphatic rings. The summed E-state index contributed by atoms with van der Waals surface area (Å²) in [6, 6.07) is 6.43. The average molecular weight is 312 g/mol. The van der Waals surface area contributed by atoms with Gasteiger partial charge in [0, 0.05) is 6.04 Å². The average Bonchev–Trinajstić information content (AvgIpc) is 2.81. The maximum absolute atomic E-state index is 6.34. The van der Waals surface area contributed by atoms with E-state index in [0.717, 1.165) is 42.8 Å². The maximum atomic E-state index is 6.34. The van der Waals surface area contributed by atoms with E-state index in [1.807, 2.05) is 19.1 Å². The Labute approximate surface area is 129 Å². The number of para-hydroxylation sites is 1. The van der Waals surface area contributed by atoms with Gasteiger partial charge in [-0.05, 0) is 52.0 Å². The fourth-order valence-electron chi connectivity index (χ4n) is 3.02. The minimum Gasteiger partial charge on any atom is -0.323 e. The highest BCUT2D eigenvalue weighted by atomic mass is 35.5. The Kier molecular flexibility index (Phi) is 3.93. The third-order valence-electron chi connectivity index (χ3n) is 4.11. The number of benzene rings is 1. The van der Waals surface area contributed by atoms with Gasteiger partial charge in [0.05, 0.1) is 15.9 Å². The predicted octanol–water partition coefficient (Wildman–Crippen LogP) is 4.26. The van der Waals surface area contributed by atoms with Gasteiger partial charge >= 0.3 is 0 Å². The second-order valence-corrected chi connectivity index (χ2v) is 6.66. The van der Waals surface area contributed by atoms with Crippen LogP contribution in [0.3, 0.4) is 0 Å². The van der Waals surface area contributed by atoms with Crippen LogP contribution < -0.4 is 0 Å². The molecule has 1 unspecified atom stereocenters. The number of hydrogen-bond donors (Lipinski definition) is 0. The molecule has 1 aromatic carbocycles. The molecule has 0 N–H and O–H groups in total. The van der Waals surface area contributed by atoms with Crippen LogP contribution >= 0.6 is 23.2 Å². The number of alkyl halides is 1. The van der Waals surface area contributed by atoms with Gasteiger partial charge < -0.3 is 9.47 Å². The van der Waals surface area contributed by atoms with E-state index in [0.29, 0.717) is 11.1 Å². The zero-order valence-corrected chi connectivity index (χ0v) is 13.3. The zero-order chi connectivity index (χ0) is 14.3. The van der Waals surface area contributed by atoms with Crippen LogP contribution in [0, 0.1) is 0 Å². The van der Waals surface area contributed by atoms with E-state index in [-0.39, 0.29) is 5.38 Å². The Bertz CT molecular complexity index is 613. The predicted molar refractivity (Wildman–Crippen MR) is 84.8 cm³/mol. The number of imidazole rings is 1. The Morgan fingerprint density at radius 3 is 2.65 bits per heavy atom. The van der Waals surface area contributed by atoms with Crippen molar-refractivity contribution in [1.82, 2.24) is 14.5 Å². The summed E-state index contributed by atoms with van der Waals surface area (Å²) >= 11 is 12.6. The Balaban J connectivity index is 2.12. The Hall–Kier alpha value is -0.770. The quantitative estimate of drug-likeness (QED) is 0.773. The van der Waals surface area contributed by atoms with Crippen molar-refractivity contribution >= 4 is 34.2 Å². The van der Waals surface area contributed by atoms with E-state index in [4.69, 9.17) is 28.2 Å². The minimum atomic E-state index is -0.113. The van der Waals surface area contributed by atoms with Gasteiger partial charge in [-0.3, -0.25) is 0 Å². The number of hydrogen-bond acceptors (Lipinski definition) is 2. The smallest absolute Gasteiger partial charge is 0.128 e. The van der Waals surface area contributed by atoms with Crippen LogP contribution in [-0.4, -0.2) is 34.6 Å². The molecule has 108 valence electrons. The number of aromatic nitrogens is 2. The van der Waals surface area contributed by atoms with Crippen molar-refractivity contribution in [3.63, 3.8) is 0 Å². The highest BCUT2D eigenvalue weighted by Gasteiger charge is 2.25. The molecule has 3 nitrogen and oxygen atoms in total. The number of likely N-dealkylation sites (tertiary alicyclic amines) is 1. The number of fused-ring (bicyclic) bond motifs is 1. The van der Waals surface area contributed by atoms with Gasteiger partial charge in [0.15, 0.2) is 0 Å². The van der Waals surface area contributed by atoms with Gasteiger partial charge in [-0.2, -0.15) is 0 Å². The van der Waals surface area contributed by atoms with Crippen LogP contribution in [0.1, 0.15) is 37.0 Å². The van der Waals surface area contributed by atoms with Gasteiger partial charge in [-0.1, -0.05) is 17.7 Å². The number of piperidine rings is 1. The first-order valence-corrected chi connectivity index (χ1v) is 7.88. The van der Waals surface area contributed by atoms with Crippen molar-refractivity contribution in [3.8, 4) is 0 Å². The first kappa shape index (κ1) is 14.2. The molecule has 1 atom stereocenters. The molecule has 1 saturated heterocycles. The number of nitrogens with zero attached hydrogens (tertiary/aromatic N) is 3. The van der Waals surface area contributed by atoms with Crippen LogP contribution in [0.15, 0.2) is 18.2 Å². The minimum absolute atomic E-state index is 0.113. The highest BCUT2D eigenvalue weighted by molar-refractivity contribution is 6.35. The lowest BCUT2D eigenvalue weighted by molar-refractivity contribution is 0.221. The second-order valence-electron chi connectivity index (χ2n) is 5.60. The molecule has 0 amide bonds. The van der Waals surface area contributed by atoms with E-state index in [9.17, 15) is 0 Å². The van der Waals surface area contributed by atoms with Crippen molar-refractivity contribution in [3.05, 3.63) is 29.0 Å². The topological polar surface area (TPSA) is 21.1 Å². The van der Waals surface area contributed by atoms with E-state index >= 15 is 0 Å². The highest BCUT2D eigenvalue weighted by Crippen LogP contribution is 2.34. The maximum Gasteiger partial charge on any atom is 0.128 e. The molecule has 2 heterocycles. The third kappa shape index (κ3) is 2.43. The van der Waals surface area contributed by atoms with Gasteiger partial charge in [0.1, 0.15) is 11.3 Å². The van der Waals surface area contributed by atoms with Crippen LogP contribution in [-0.2, 0) is 0 Å². The Morgan fingerprint density at radius 2 is 2.00 bits per heavy atom. The van der Waals surface area contributed by atoms with Crippen molar-refractivity contribution in [1.29, 1.82) is 0 Å². The summed E-state index contributed by atoms with van der Waals surface area (Å²) in [6.07, 6.45) is 2.26. The van der Waals surface area contributed by atoms with Crippen molar-refractivity contribution < 1.29 is 0 Å². The van der Waals surface area contributed by atoms with Gasteiger partial charge in [-0.25, -0.2) is 4.98 Å². The summed E-state index contributed by atoms with van der Waals surface area (Å²) in [5.41, 5.74) is 1.98. The van der Waals surface area contributed by atoms with E-state index in [1.165, 1.54) is 0 Å². The molecule has 20 heavy (non-hydrogen) atoms. The molecule has 0 saturated carbocycles. The van der Waals surface area contributed by atoms with E-state index in [1.54, 1.807) is 0 Å². The van der Waals surface area contributed by atoms with Crippen LogP contribution in [0.4, 0.5) is 0 Å². The molecule has 5 heteroatoms. The molecule has 2 aromatic rings. The van der Waals surface area contributed by atoms with Crippen molar-refractivity contribution in [2.75, 3.05) is 20.1 Å². The normalized spacial score (nSPS) is 19.6. The van der Waals surface area contributed by atoms with Gasteiger partial charge in [0.25, 0.3) is 0 Å². The largest absolute Gasteiger partial charge is 0.323 e. The number of rotatable bonds is 2. The fourth-order valence-corrected chi connectivity index (χ4v) is 3.38. The van der Waals surface area contributed by atoms with Gasteiger partial charge in [-0.15, -0.1) is 11.6 Å². The lowest BCUT2D eigenvalue weighted by atomic mass is 10.0. The van der Waals surface area contributed by atoms with Crippen molar-refractivity contribution in [2.45, 2.75) is 31.2 Å². The summed E-state index contributed by atoms with van der Waals surface area (Å²) in [4.78, 5) is 7.06. The SMILES string of the molecule is CC(Cl)c1nc2c(Cl)cccc2n1C1CCN(C)CC1. The van der Waals surface area contributed by atoms with Crippen LogP contribution in [0.5, 0.6) is 0 Å². The monoisotopic (exact) mass is 311 g/mol. The summed E-state index contributed by atoms with van der Waals surface area (Å²) < 4.78 is 2.31. The fraction of sp³-hybridized carbons (Fsp3) is 0.533. The summed E-state index contributed by atoms with van der Waals surface area (Å²) in [5, 5.41) is 0.589. The number of halogens is 2. The molecule has 1 fully saturated rings. The molecule has 0 bridgehead atoms. The lowest BCUT2D eigenvalue weighted by Crippen LogP contribution is -2.32. The summed E-state index contributed by atoms with van der Waals surface area (Å²) in [7, 11) is 2.17.